The molecule has 0 aliphatic carbocycles. The minimum absolute atomic E-state index is 0.0417. The summed E-state index contributed by atoms with van der Waals surface area (Å²) in [5.74, 6) is 1.96. The van der Waals surface area contributed by atoms with E-state index in [-0.39, 0.29) is 17.7 Å². The van der Waals surface area contributed by atoms with Crippen molar-refractivity contribution in [2.75, 3.05) is 43.3 Å². The summed E-state index contributed by atoms with van der Waals surface area (Å²) in [6.07, 6.45) is 4.73. The van der Waals surface area contributed by atoms with Gasteiger partial charge in [0.15, 0.2) is 5.79 Å². The SMILES string of the molecule is CC.CC.CC1CCOC1=O.CC1COC(C)(C)OC1C.CO.O=S1(=O)CCCC1.O=S1(=O)CCCC1. The normalized spacial score (nSPS) is 27.5. The predicted molar refractivity (Wildman–Crippen MR) is 151 cm³/mol. The van der Waals surface area contributed by atoms with Gasteiger partial charge in [-0.2, -0.15) is 0 Å². The standard InChI is InChI=1S/C8H16O2.C5H8O2.2C4H8O2S.2C2H6.CH4O/c1-6-5-9-8(3,4)10-7(6)2;1-4-2-3-7-5(4)6;2*5-7(6)3-1-2-4-7;3*1-2/h6-7H,5H2,1-4H3;4H,2-3H2,1H3;2*1-4H2;2*1-2H3;2H,1H3. The molecule has 0 radical (unpaired) electrons. The Morgan fingerprint density at radius 3 is 1.32 bits per heavy atom. The Morgan fingerprint density at radius 2 is 1.16 bits per heavy atom. The predicted octanol–water partition coefficient (Wildman–Crippen LogP) is 4.41. The lowest BCUT2D eigenvalue weighted by molar-refractivity contribution is -0.286. The molecule has 4 heterocycles. The number of carbonyl (C=O) groups excluding carboxylic acids is 1. The number of cyclic esters (lactones) is 1. The zero-order valence-corrected chi connectivity index (χ0v) is 26.7. The van der Waals surface area contributed by atoms with Crippen LogP contribution in [0.2, 0.25) is 0 Å². The van der Waals surface area contributed by atoms with Crippen LogP contribution in [0.4, 0.5) is 0 Å². The van der Waals surface area contributed by atoms with E-state index in [1.807, 2.05) is 48.5 Å². The molecule has 4 fully saturated rings. The molecule has 0 spiro atoms. The molecule has 4 aliphatic rings. The maximum Gasteiger partial charge on any atom is 0.308 e. The lowest BCUT2D eigenvalue weighted by Crippen LogP contribution is -2.43. The quantitative estimate of drug-likeness (QED) is 0.416. The van der Waals surface area contributed by atoms with E-state index in [2.05, 4.69) is 18.6 Å². The molecule has 0 aromatic rings. The molecule has 0 aromatic carbocycles. The Kier molecular flexibility index (Phi) is 24.3. The zero-order valence-electron chi connectivity index (χ0n) is 25.0. The highest BCUT2D eigenvalue weighted by atomic mass is 32.2. The Morgan fingerprint density at radius 1 is 0.784 bits per heavy atom. The van der Waals surface area contributed by atoms with Crippen LogP contribution in [-0.4, -0.2) is 83.1 Å². The zero-order chi connectivity index (χ0) is 29.7. The fourth-order valence-corrected chi connectivity index (χ4v) is 6.14. The van der Waals surface area contributed by atoms with Crippen molar-refractivity contribution in [1.82, 2.24) is 0 Å². The first-order valence-electron chi connectivity index (χ1n) is 13.6. The topological polar surface area (TPSA) is 133 Å². The minimum atomic E-state index is -2.55. The number of sulfone groups is 2. The van der Waals surface area contributed by atoms with Gasteiger partial charge in [0, 0.05) is 13.0 Å². The van der Waals surface area contributed by atoms with Crippen LogP contribution < -0.4 is 0 Å². The molecule has 3 atom stereocenters. The van der Waals surface area contributed by atoms with E-state index in [0.717, 1.165) is 45.8 Å². The van der Waals surface area contributed by atoms with Crippen LogP contribution in [0.25, 0.3) is 0 Å². The van der Waals surface area contributed by atoms with Crippen LogP contribution in [-0.2, 0) is 38.7 Å². The van der Waals surface area contributed by atoms with Crippen molar-refractivity contribution in [2.24, 2.45) is 11.8 Å². The second-order valence-corrected chi connectivity index (χ2v) is 13.7. The minimum Gasteiger partial charge on any atom is -0.465 e. The van der Waals surface area contributed by atoms with Gasteiger partial charge in [-0.15, -0.1) is 0 Å². The number of hydrogen-bond donors (Lipinski definition) is 1. The molecule has 0 saturated carbocycles. The van der Waals surface area contributed by atoms with Gasteiger partial charge in [-0.05, 0) is 52.9 Å². The van der Waals surface area contributed by atoms with Gasteiger partial charge in [0.25, 0.3) is 0 Å². The van der Waals surface area contributed by atoms with Gasteiger partial charge >= 0.3 is 5.97 Å². The molecule has 0 amide bonds. The van der Waals surface area contributed by atoms with E-state index < -0.39 is 19.7 Å². The van der Waals surface area contributed by atoms with Crippen molar-refractivity contribution < 1.29 is 40.9 Å². The third-order valence-corrected chi connectivity index (χ3v) is 9.13. The van der Waals surface area contributed by atoms with Crippen LogP contribution in [0.5, 0.6) is 0 Å². The molecule has 4 aliphatic heterocycles. The van der Waals surface area contributed by atoms with E-state index >= 15 is 0 Å². The number of aliphatic hydroxyl groups is 1. The van der Waals surface area contributed by atoms with E-state index in [4.69, 9.17) is 14.6 Å². The first-order valence-corrected chi connectivity index (χ1v) is 17.2. The number of aliphatic hydroxyl groups excluding tert-OH is 1. The average Bonchev–Trinajstić information content (AvgIpc) is 3.57. The lowest BCUT2D eigenvalue weighted by Gasteiger charge is -2.38. The van der Waals surface area contributed by atoms with Crippen molar-refractivity contribution >= 4 is 25.6 Å². The van der Waals surface area contributed by atoms with Crippen molar-refractivity contribution in [3.8, 4) is 0 Å². The van der Waals surface area contributed by atoms with Gasteiger partial charge in [0.05, 0.1) is 48.2 Å². The van der Waals surface area contributed by atoms with Crippen LogP contribution in [0.15, 0.2) is 0 Å². The van der Waals surface area contributed by atoms with E-state index in [0.29, 0.717) is 41.6 Å². The molecule has 226 valence electrons. The number of esters is 1. The summed E-state index contributed by atoms with van der Waals surface area (Å²) in [5, 5.41) is 7.00. The fraction of sp³-hybridized carbons (Fsp3) is 0.962. The van der Waals surface area contributed by atoms with E-state index in [1.54, 1.807) is 0 Å². The Hall–Kier alpha value is -0.750. The molecular weight excluding hydrogens is 520 g/mol. The van der Waals surface area contributed by atoms with E-state index in [1.165, 1.54) is 0 Å². The number of carbonyl (C=O) groups is 1. The molecule has 9 nitrogen and oxygen atoms in total. The largest absolute Gasteiger partial charge is 0.465 e. The molecule has 3 unspecified atom stereocenters. The van der Waals surface area contributed by atoms with Gasteiger partial charge in [0.2, 0.25) is 0 Å². The smallest absolute Gasteiger partial charge is 0.308 e. The highest BCUT2D eigenvalue weighted by Gasteiger charge is 2.31. The van der Waals surface area contributed by atoms with Crippen molar-refractivity contribution in [2.45, 2.75) is 106 Å². The summed E-state index contributed by atoms with van der Waals surface area (Å²) in [4.78, 5) is 10.4. The molecular formula is C26H56O9S2. The summed E-state index contributed by atoms with van der Waals surface area (Å²) in [6.45, 7) is 19.5. The molecule has 4 rings (SSSR count). The molecule has 11 heteroatoms. The average molecular weight is 577 g/mol. The molecule has 37 heavy (non-hydrogen) atoms. The van der Waals surface area contributed by atoms with Crippen LogP contribution in [0.3, 0.4) is 0 Å². The van der Waals surface area contributed by atoms with Crippen molar-refractivity contribution in [1.29, 1.82) is 0 Å². The van der Waals surface area contributed by atoms with Gasteiger partial charge in [-0.1, -0.05) is 41.5 Å². The summed E-state index contributed by atoms with van der Waals surface area (Å²) in [5.41, 5.74) is 0. The maximum absolute atomic E-state index is 10.4. The molecule has 0 bridgehead atoms. The summed E-state index contributed by atoms with van der Waals surface area (Å²) >= 11 is 0. The fourth-order valence-electron chi connectivity index (χ4n) is 3.15. The van der Waals surface area contributed by atoms with Crippen LogP contribution >= 0.6 is 0 Å². The van der Waals surface area contributed by atoms with Gasteiger partial charge in [-0.25, -0.2) is 16.8 Å². The van der Waals surface area contributed by atoms with E-state index in [9.17, 15) is 21.6 Å². The summed E-state index contributed by atoms with van der Waals surface area (Å²) in [6, 6.07) is 0. The first kappa shape index (κ1) is 40.7. The molecule has 4 saturated heterocycles. The summed E-state index contributed by atoms with van der Waals surface area (Å²) < 4.78 is 57.3. The lowest BCUT2D eigenvalue weighted by atomic mass is 10.1. The number of rotatable bonds is 0. The number of hydrogen-bond acceptors (Lipinski definition) is 9. The van der Waals surface area contributed by atoms with Gasteiger partial charge in [-0.3, -0.25) is 4.79 Å². The summed E-state index contributed by atoms with van der Waals surface area (Å²) in [7, 11) is -4.09. The third-order valence-electron chi connectivity index (χ3n) is 5.48. The second kappa shape index (κ2) is 22.1. The van der Waals surface area contributed by atoms with Crippen LogP contribution in [0, 0.1) is 11.8 Å². The van der Waals surface area contributed by atoms with Gasteiger partial charge in [0.1, 0.15) is 19.7 Å². The molecule has 0 aromatic heterocycles. The van der Waals surface area contributed by atoms with Crippen molar-refractivity contribution in [3.63, 3.8) is 0 Å². The second-order valence-electron chi connectivity index (χ2n) is 9.09. The van der Waals surface area contributed by atoms with Crippen LogP contribution in [0.1, 0.15) is 94.4 Å². The molecule has 1 N–H and O–H groups in total. The highest BCUT2D eigenvalue weighted by Crippen LogP contribution is 2.25. The maximum atomic E-state index is 10.4. The Bertz CT molecular complexity index is 701. The van der Waals surface area contributed by atoms with Crippen molar-refractivity contribution in [3.05, 3.63) is 0 Å². The number of ether oxygens (including phenoxy) is 3. The third kappa shape index (κ3) is 21.8. The highest BCUT2D eigenvalue weighted by molar-refractivity contribution is 7.91. The monoisotopic (exact) mass is 576 g/mol. The van der Waals surface area contributed by atoms with Gasteiger partial charge < -0.3 is 19.3 Å². The Balaban J connectivity index is -0.000000393. The Labute approximate surface area is 227 Å². The first-order chi connectivity index (χ1) is 17.2.